The Labute approximate surface area is 185 Å². The number of hydrogen-bond acceptors (Lipinski definition) is 5. The van der Waals surface area contributed by atoms with Gasteiger partial charge in [0.25, 0.3) is 5.91 Å². The van der Waals surface area contributed by atoms with Crippen LogP contribution >= 0.6 is 0 Å². The molecule has 9 nitrogen and oxygen atoms in total. The molecule has 2 heterocycles. The minimum Gasteiger partial charge on any atom is -0.497 e. The van der Waals surface area contributed by atoms with Crippen LogP contribution in [0.2, 0.25) is 0 Å². The summed E-state index contributed by atoms with van der Waals surface area (Å²) in [6.45, 7) is 0.798. The molecule has 0 radical (unpaired) electrons. The molecule has 0 aliphatic carbocycles. The van der Waals surface area contributed by atoms with E-state index in [1.54, 1.807) is 42.0 Å². The number of para-hydroxylation sites is 1. The fourth-order valence-electron chi connectivity index (χ4n) is 3.74. The van der Waals surface area contributed by atoms with Crippen LogP contribution in [0.5, 0.6) is 11.5 Å². The van der Waals surface area contributed by atoms with Crippen molar-refractivity contribution >= 4 is 23.3 Å². The molecule has 9 heteroatoms. The van der Waals surface area contributed by atoms with Crippen molar-refractivity contribution < 1.29 is 19.1 Å². The molecule has 2 N–H and O–H groups in total. The van der Waals surface area contributed by atoms with Crippen molar-refractivity contribution in [2.75, 3.05) is 31.4 Å². The quantitative estimate of drug-likeness (QED) is 0.641. The number of hydrogen-bond donors (Lipinski definition) is 2. The number of methoxy groups -OCH3 is 2. The van der Waals surface area contributed by atoms with Crippen LogP contribution in [-0.4, -0.2) is 47.4 Å². The number of amides is 3. The molecule has 0 unspecified atom stereocenters. The number of aromatic nitrogens is 2. The maximum Gasteiger partial charge on any atom is 0.322 e. The summed E-state index contributed by atoms with van der Waals surface area (Å²) in [5.74, 6) is 0.855. The first-order chi connectivity index (χ1) is 15.5. The van der Waals surface area contributed by atoms with Gasteiger partial charge >= 0.3 is 6.03 Å². The fourth-order valence-corrected chi connectivity index (χ4v) is 3.74. The summed E-state index contributed by atoms with van der Waals surface area (Å²) < 4.78 is 12.2. The second kappa shape index (κ2) is 9.01. The number of benzene rings is 2. The van der Waals surface area contributed by atoms with Crippen molar-refractivity contribution in [2.45, 2.75) is 13.0 Å². The lowest BCUT2D eigenvalue weighted by Crippen LogP contribution is -2.39. The van der Waals surface area contributed by atoms with Crippen molar-refractivity contribution in [3.8, 4) is 11.5 Å². The second-order valence-corrected chi connectivity index (χ2v) is 7.42. The van der Waals surface area contributed by atoms with E-state index in [0.717, 1.165) is 11.3 Å². The molecule has 3 aromatic rings. The molecular formula is C23H25N5O4. The highest BCUT2D eigenvalue weighted by atomic mass is 16.5. The SMILES string of the molecule is COc1cc(NC(=O)N2CCc3c(c(C(=O)Nc4ccccc4)nn3C)C2)cc(OC)c1. The van der Waals surface area contributed by atoms with Gasteiger partial charge in [-0.15, -0.1) is 0 Å². The number of carbonyl (C=O) groups is 2. The van der Waals surface area contributed by atoms with E-state index in [-0.39, 0.29) is 18.5 Å². The topological polar surface area (TPSA) is 97.7 Å². The monoisotopic (exact) mass is 435 g/mol. The maximum atomic E-state index is 13.0. The Bertz CT molecular complexity index is 1120. The van der Waals surface area contributed by atoms with Gasteiger partial charge in [0.05, 0.1) is 20.8 Å². The van der Waals surface area contributed by atoms with Crippen LogP contribution in [0.3, 0.4) is 0 Å². The molecule has 2 aromatic carbocycles. The lowest BCUT2D eigenvalue weighted by Gasteiger charge is -2.28. The molecule has 0 saturated carbocycles. The average molecular weight is 435 g/mol. The zero-order valence-corrected chi connectivity index (χ0v) is 18.2. The Kier molecular flexibility index (Phi) is 5.98. The number of nitrogens with zero attached hydrogens (tertiary/aromatic N) is 3. The third-order valence-corrected chi connectivity index (χ3v) is 5.38. The standard InChI is InChI=1S/C23H25N5O4/c1-27-20-9-10-28(23(30)25-16-11-17(31-2)13-18(12-16)32-3)14-19(20)21(26-27)22(29)24-15-7-5-4-6-8-15/h4-8,11-13H,9-10,14H2,1-3H3,(H,24,29)(H,25,30). The number of aryl methyl sites for hydroxylation is 1. The summed E-state index contributed by atoms with van der Waals surface area (Å²) in [6, 6.07) is 14.1. The van der Waals surface area contributed by atoms with Crippen LogP contribution in [-0.2, 0) is 20.0 Å². The molecule has 1 aliphatic rings. The number of anilines is 2. The lowest BCUT2D eigenvalue weighted by atomic mass is 10.0. The predicted octanol–water partition coefficient (Wildman–Crippen LogP) is 3.28. The third-order valence-electron chi connectivity index (χ3n) is 5.38. The smallest absolute Gasteiger partial charge is 0.322 e. The highest BCUT2D eigenvalue weighted by Gasteiger charge is 2.29. The van der Waals surface area contributed by atoms with E-state index in [1.807, 2.05) is 37.4 Å². The molecule has 0 saturated heterocycles. The summed E-state index contributed by atoms with van der Waals surface area (Å²) in [5.41, 5.74) is 3.28. The van der Waals surface area contributed by atoms with Crippen LogP contribution in [0, 0.1) is 0 Å². The van der Waals surface area contributed by atoms with Crippen LogP contribution < -0.4 is 20.1 Å². The average Bonchev–Trinajstić information content (AvgIpc) is 3.15. The summed E-state index contributed by atoms with van der Waals surface area (Å²) >= 11 is 0. The largest absolute Gasteiger partial charge is 0.497 e. The van der Waals surface area contributed by atoms with Crippen molar-refractivity contribution in [2.24, 2.45) is 7.05 Å². The van der Waals surface area contributed by atoms with E-state index >= 15 is 0 Å². The Hall–Kier alpha value is -4.01. The fraction of sp³-hybridized carbons (Fsp3) is 0.261. The number of rotatable bonds is 5. The molecule has 32 heavy (non-hydrogen) atoms. The van der Waals surface area contributed by atoms with Gasteiger partial charge in [0.2, 0.25) is 0 Å². The molecule has 0 atom stereocenters. The predicted molar refractivity (Wildman–Crippen MR) is 120 cm³/mol. The Morgan fingerprint density at radius 1 is 0.969 bits per heavy atom. The second-order valence-electron chi connectivity index (χ2n) is 7.42. The summed E-state index contributed by atoms with van der Waals surface area (Å²) in [7, 11) is 4.92. The van der Waals surface area contributed by atoms with Crippen LogP contribution in [0.25, 0.3) is 0 Å². The van der Waals surface area contributed by atoms with E-state index in [0.29, 0.717) is 41.5 Å². The molecule has 0 fully saturated rings. The highest BCUT2D eigenvalue weighted by Crippen LogP contribution is 2.27. The zero-order valence-electron chi connectivity index (χ0n) is 18.2. The number of urea groups is 1. The minimum absolute atomic E-state index is 0.274. The first-order valence-electron chi connectivity index (χ1n) is 10.2. The molecule has 166 valence electrons. The van der Waals surface area contributed by atoms with Crippen molar-refractivity contribution in [1.82, 2.24) is 14.7 Å². The minimum atomic E-state index is -0.298. The van der Waals surface area contributed by atoms with E-state index in [2.05, 4.69) is 15.7 Å². The summed E-state index contributed by atoms with van der Waals surface area (Å²) in [6.07, 6.45) is 0.603. The Morgan fingerprint density at radius 3 is 2.31 bits per heavy atom. The van der Waals surface area contributed by atoms with Crippen molar-refractivity contribution in [3.05, 3.63) is 65.5 Å². The zero-order chi connectivity index (χ0) is 22.7. The van der Waals surface area contributed by atoms with Gasteiger partial charge < -0.3 is 25.0 Å². The van der Waals surface area contributed by atoms with E-state index < -0.39 is 0 Å². The first kappa shape index (κ1) is 21.2. The summed E-state index contributed by atoms with van der Waals surface area (Å²) in [4.78, 5) is 27.5. The Balaban J connectivity index is 1.52. The van der Waals surface area contributed by atoms with Crippen molar-refractivity contribution in [3.63, 3.8) is 0 Å². The van der Waals surface area contributed by atoms with E-state index in [4.69, 9.17) is 9.47 Å². The Morgan fingerprint density at radius 2 is 1.66 bits per heavy atom. The van der Waals surface area contributed by atoms with Crippen LogP contribution in [0.1, 0.15) is 21.7 Å². The van der Waals surface area contributed by atoms with Gasteiger partial charge in [-0.2, -0.15) is 5.10 Å². The number of carbonyl (C=O) groups excluding carboxylic acids is 2. The molecule has 0 spiro atoms. The summed E-state index contributed by atoms with van der Waals surface area (Å²) in [5, 5.41) is 10.2. The molecule has 1 aliphatic heterocycles. The molecule has 4 rings (SSSR count). The van der Waals surface area contributed by atoms with Gasteiger partial charge in [-0.25, -0.2) is 4.79 Å². The van der Waals surface area contributed by atoms with Gasteiger partial charge in [-0.3, -0.25) is 9.48 Å². The lowest BCUT2D eigenvalue weighted by molar-refractivity contribution is 0.101. The first-order valence-corrected chi connectivity index (χ1v) is 10.2. The van der Waals surface area contributed by atoms with Crippen LogP contribution in [0.4, 0.5) is 16.2 Å². The highest BCUT2D eigenvalue weighted by molar-refractivity contribution is 6.04. The number of nitrogens with one attached hydrogen (secondary N) is 2. The number of ether oxygens (including phenoxy) is 2. The molecule has 1 aromatic heterocycles. The van der Waals surface area contributed by atoms with E-state index in [1.165, 1.54) is 0 Å². The van der Waals surface area contributed by atoms with Gasteiger partial charge in [-0.1, -0.05) is 18.2 Å². The third kappa shape index (κ3) is 4.36. The maximum absolute atomic E-state index is 13.0. The van der Waals surface area contributed by atoms with Gasteiger partial charge in [0, 0.05) is 60.8 Å². The molecule has 3 amide bonds. The number of fused-ring (bicyclic) bond motifs is 1. The van der Waals surface area contributed by atoms with Gasteiger partial charge in [0.1, 0.15) is 11.5 Å². The van der Waals surface area contributed by atoms with E-state index in [9.17, 15) is 9.59 Å². The molecular weight excluding hydrogens is 410 g/mol. The van der Waals surface area contributed by atoms with Gasteiger partial charge in [0.15, 0.2) is 5.69 Å². The van der Waals surface area contributed by atoms with Gasteiger partial charge in [-0.05, 0) is 12.1 Å². The van der Waals surface area contributed by atoms with Crippen LogP contribution in [0.15, 0.2) is 48.5 Å². The normalized spacial score (nSPS) is 12.7. The van der Waals surface area contributed by atoms with Crippen molar-refractivity contribution in [1.29, 1.82) is 0 Å². The molecule has 0 bridgehead atoms.